The van der Waals surface area contributed by atoms with Gasteiger partial charge < -0.3 is 10.6 Å². The predicted octanol–water partition coefficient (Wildman–Crippen LogP) is 2.76. The van der Waals surface area contributed by atoms with Gasteiger partial charge in [0.2, 0.25) is 0 Å². The monoisotopic (exact) mass is 576 g/mol. The first kappa shape index (κ1) is 27.5. The van der Waals surface area contributed by atoms with E-state index in [1.165, 1.54) is 17.3 Å². The van der Waals surface area contributed by atoms with Gasteiger partial charge in [0.05, 0.1) is 34.2 Å². The number of benzene rings is 1. The summed E-state index contributed by atoms with van der Waals surface area (Å²) < 4.78 is 18.1. The number of nitrogens with zero attached hydrogens (tertiary/aromatic N) is 6. The predicted molar refractivity (Wildman–Crippen MR) is 157 cm³/mol. The van der Waals surface area contributed by atoms with Crippen LogP contribution >= 0.6 is 0 Å². The summed E-state index contributed by atoms with van der Waals surface area (Å²) in [5, 5.41) is 4.26. The standard InChI is InChI=1S/C29H36N8O3S/c1-28(2,3)41(40)34-24-20-8-5-4-7-19(20)17-29(24)10-15-35(16-11-29)26-23(25(30)38)33-21(18-31-26)27(39)36-13-6-14-37-22(36)9-12-32-37/h4-5,7-9,12,18,24,34H,6,10-11,13-17H2,1-3H3,(H2,30,38)/t24?,41-/m1/s1. The van der Waals surface area contributed by atoms with E-state index in [2.05, 4.69) is 38.0 Å². The first-order valence-corrected chi connectivity index (χ1v) is 15.2. The van der Waals surface area contributed by atoms with Crippen LogP contribution in [0.2, 0.25) is 0 Å². The molecular formula is C29H36N8O3S. The van der Waals surface area contributed by atoms with Gasteiger partial charge in [-0.15, -0.1) is 0 Å². The Morgan fingerprint density at radius 1 is 1.10 bits per heavy atom. The number of carbonyl (C=O) groups excluding carboxylic acids is 2. The van der Waals surface area contributed by atoms with E-state index in [9.17, 15) is 13.8 Å². The summed E-state index contributed by atoms with van der Waals surface area (Å²) in [5.41, 5.74) is 8.21. The molecule has 2 aromatic heterocycles. The molecule has 12 heteroatoms. The molecule has 1 fully saturated rings. The van der Waals surface area contributed by atoms with Crippen LogP contribution in [0.4, 0.5) is 11.6 Å². The lowest BCUT2D eigenvalue weighted by molar-refractivity contribution is 0.0975. The third-order valence-corrected chi connectivity index (χ3v) is 10.1. The fourth-order valence-corrected chi connectivity index (χ4v) is 7.28. The van der Waals surface area contributed by atoms with E-state index in [1.54, 1.807) is 21.8 Å². The highest BCUT2D eigenvalue weighted by Crippen LogP contribution is 2.52. The molecule has 0 saturated carbocycles. The average molecular weight is 577 g/mol. The Bertz CT molecular complexity index is 1520. The largest absolute Gasteiger partial charge is 0.364 e. The molecule has 0 radical (unpaired) electrons. The fourth-order valence-electron chi connectivity index (χ4n) is 6.34. The van der Waals surface area contributed by atoms with Gasteiger partial charge in [0.25, 0.3) is 11.8 Å². The van der Waals surface area contributed by atoms with Gasteiger partial charge in [0.1, 0.15) is 11.5 Å². The third kappa shape index (κ3) is 4.93. The number of piperidine rings is 1. The molecule has 3 aliphatic rings. The molecular weight excluding hydrogens is 540 g/mol. The summed E-state index contributed by atoms with van der Waals surface area (Å²) in [6.07, 6.45) is 6.37. The van der Waals surface area contributed by atoms with E-state index in [1.807, 2.05) is 31.7 Å². The van der Waals surface area contributed by atoms with Gasteiger partial charge in [-0.2, -0.15) is 5.10 Å². The van der Waals surface area contributed by atoms with E-state index in [0.29, 0.717) is 31.3 Å². The molecule has 1 spiro atoms. The van der Waals surface area contributed by atoms with Crippen molar-refractivity contribution in [3.63, 3.8) is 0 Å². The van der Waals surface area contributed by atoms with Crippen LogP contribution in [0.3, 0.4) is 0 Å². The van der Waals surface area contributed by atoms with Gasteiger partial charge >= 0.3 is 0 Å². The van der Waals surface area contributed by atoms with E-state index in [0.717, 1.165) is 32.2 Å². The number of amides is 2. The van der Waals surface area contributed by atoms with E-state index < -0.39 is 21.6 Å². The highest BCUT2D eigenvalue weighted by molar-refractivity contribution is 7.84. The lowest BCUT2D eigenvalue weighted by Gasteiger charge is -2.44. The van der Waals surface area contributed by atoms with Crippen molar-refractivity contribution >= 4 is 34.4 Å². The Balaban J connectivity index is 1.24. The number of carbonyl (C=O) groups is 2. The summed E-state index contributed by atoms with van der Waals surface area (Å²) in [6.45, 7) is 8.46. The number of aryl methyl sites for hydroxylation is 1. The lowest BCUT2D eigenvalue weighted by atomic mass is 9.73. The Hall–Kier alpha value is -3.64. The normalized spacial score (nSPS) is 20.5. The molecule has 4 heterocycles. The number of nitrogens with two attached hydrogens (primary N) is 1. The zero-order chi connectivity index (χ0) is 28.9. The molecule has 11 nitrogen and oxygen atoms in total. The molecule has 0 bridgehead atoms. The number of rotatable bonds is 5. The van der Waals surface area contributed by atoms with E-state index in [4.69, 9.17) is 5.73 Å². The van der Waals surface area contributed by atoms with Crippen molar-refractivity contribution in [2.75, 3.05) is 29.4 Å². The van der Waals surface area contributed by atoms with Crippen molar-refractivity contribution in [2.45, 2.75) is 63.8 Å². The second kappa shape index (κ2) is 10.3. The van der Waals surface area contributed by atoms with Gasteiger partial charge in [0.15, 0.2) is 11.5 Å². The molecule has 2 aliphatic heterocycles. The number of aromatic nitrogens is 4. The van der Waals surface area contributed by atoms with Gasteiger partial charge in [-0.05, 0) is 63.0 Å². The molecule has 1 aliphatic carbocycles. The molecule has 2 amide bonds. The van der Waals surface area contributed by atoms with Gasteiger partial charge in [-0.3, -0.25) is 14.5 Å². The second-order valence-electron chi connectivity index (χ2n) is 12.2. The van der Waals surface area contributed by atoms with Gasteiger partial charge in [-0.1, -0.05) is 24.3 Å². The molecule has 3 N–H and O–H groups in total. The van der Waals surface area contributed by atoms with Crippen LogP contribution in [-0.2, 0) is 24.0 Å². The maximum atomic E-state index is 13.4. The van der Waals surface area contributed by atoms with Crippen LogP contribution in [0, 0.1) is 5.41 Å². The topological polar surface area (TPSA) is 139 Å². The Labute approximate surface area is 242 Å². The minimum atomic E-state index is -1.23. The number of hydrogen-bond donors (Lipinski definition) is 2. The Morgan fingerprint density at radius 3 is 2.59 bits per heavy atom. The van der Waals surface area contributed by atoms with Crippen molar-refractivity contribution in [2.24, 2.45) is 11.1 Å². The fraction of sp³-hybridized carbons (Fsp3) is 0.483. The van der Waals surface area contributed by atoms with Crippen molar-refractivity contribution in [1.82, 2.24) is 24.5 Å². The molecule has 2 atom stereocenters. The number of primary amides is 1. The van der Waals surface area contributed by atoms with Crippen molar-refractivity contribution in [3.8, 4) is 0 Å². The maximum Gasteiger partial charge on any atom is 0.279 e. The highest BCUT2D eigenvalue weighted by atomic mass is 32.2. The summed E-state index contributed by atoms with van der Waals surface area (Å²) >= 11 is 0. The van der Waals surface area contributed by atoms with Crippen LogP contribution in [-0.4, -0.2) is 60.2 Å². The smallest absolute Gasteiger partial charge is 0.279 e. The van der Waals surface area contributed by atoms with Crippen LogP contribution in [0.15, 0.2) is 42.7 Å². The third-order valence-electron chi connectivity index (χ3n) is 8.53. The zero-order valence-electron chi connectivity index (χ0n) is 23.7. The van der Waals surface area contributed by atoms with Crippen molar-refractivity contribution in [3.05, 3.63) is 65.2 Å². The van der Waals surface area contributed by atoms with Crippen LogP contribution in [0.5, 0.6) is 0 Å². The van der Waals surface area contributed by atoms with Crippen LogP contribution in [0.1, 0.15) is 78.2 Å². The SMILES string of the molecule is CC(C)(C)[S@@](=O)NC1c2ccccc2CC12CCN(c1ncc(C(=O)N3CCCn4nccc43)nc1C(N)=O)CC2. The van der Waals surface area contributed by atoms with Crippen molar-refractivity contribution < 1.29 is 13.8 Å². The maximum absolute atomic E-state index is 13.4. The van der Waals surface area contributed by atoms with Crippen molar-refractivity contribution in [1.29, 1.82) is 0 Å². The second-order valence-corrected chi connectivity index (χ2v) is 14.2. The van der Waals surface area contributed by atoms with Crippen LogP contribution < -0.4 is 20.3 Å². The molecule has 216 valence electrons. The molecule has 3 aromatic rings. The van der Waals surface area contributed by atoms with Gasteiger partial charge in [0, 0.05) is 32.2 Å². The Morgan fingerprint density at radius 2 is 1.85 bits per heavy atom. The van der Waals surface area contributed by atoms with Crippen LogP contribution in [0.25, 0.3) is 0 Å². The minimum Gasteiger partial charge on any atom is -0.364 e. The van der Waals surface area contributed by atoms with E-state index >= 15 is 0 Å². The minimum absolute atomic E-state index is 0.00413. The Kier molecular flexibility index (Phi) is 6.93. The van der Waals surface area contributed by atoms with Gasteiger partial charge in [-0.25, -0.2) is 23.6 Å². The summed E-state index contributed by atoms with van der Waals surface area (Å²) in [6, 6.07) is 10.1. The zero-order valence-corrected chi connectivity index (χ0v) is 24.5. The molecule has 41 heavy (non-hydrogen) atoms. The summed E-state index contributed by atoms with van der Waals surface area (Å²) in [5.74, 6) is 0.0302. The first-order chi connectivity index (χ1) is 19.6. The number of fused-ring (bicyclic) bond motifs is 2. The number of hydrogen-bond acceptors (Lipinski definition) is 7. The molecule has 1 saturated heterocycles. The molecule has 6 rings (SSSR count). The lowest BCUT2D eigenvalue weighted by Crippen LogP contribution is -2.48. The molecule has 1 aromatic carbocycles. The number of anilines is 2. The molecule has 1 unspecified atom stereocenters. The van der Waals surface area contributed by atoms with E-state index in [-0.39, 0.29) is 28.8 Å². The summed E-state index contributed by atoms with van der Waals surface area (Å²) in [7, 11) is -1.23. The average Bonchev–Trinajstić information content (AvgIpc) is 3.55. The highest BCUT2D eigenvalue weighted by Gasteiger charge is 2.49. The quantitative estimate of drug-likeness (QED) is 0.476. The first-order valence-electron chi connectivity index (χ1n) is 14.1. The summed E-state index contributed by atoms with van der Waals surface area (Å²) in [4.78, 5) is 38.6. The number of nitrogens with one attached hydrogen (secondary N) is 1.